The third kappa shape index (κ3) is 5.04. The van der Waals surface area contributed by atoms with Gasteiger partial charge in [-0.3, -0.25) is 4.79 Å². The predicted octanol–water partition coefficient (Wildman–Crippen LogP) is 5.10. The molecule has 0 aliphatic rings. The zero-order valence-electron chi connectivity index (χ0n) is 19.8. The number of fused-ring (bicyclic) bond motifs is 2. The second-order valence-electron chi connectivity index (χ2n) is 8.73. The van der Waals surface area contributed by atoms with E-state index >= 15 is 0 Å². The van der Waals surface area contributed by atoms with Crippen molar-refractivity contribution in [2.45, 2.75) is 58.2 Å². The summed E-state index contributed by atoms with van der Waals surface area (Å²) >= 11 is 3.41. The average molecular weight is 578 g/mol. The van der Waals surface area contributed by atoms with Crippen LogP contribution in [0.4, 0.5) is 13.2 Å². The summed E-state index contributed by atoms with van der Waals surface area (Å²) < 4.78 is 49.3. The van der Waals surface area contributed by atoms with E-state index in [0.717, 1.165) is 30.8 Å². The van der Waals surface area contributed by atoms with Gasteiger partial charge in [0.25, 0.3) is 5.56 Å². The van der Waals surface area contributed by atoms with Crippen LogP contribution in [0, 0.1) is 0 Å². The number of rotatable bonds is 9. The van der Waals surface area contributed by atoms with Crippen molar-refractivity contribution in [2.75, 3.05) is 0 Å². The van der Waals surface area contributed by atoms with Gasteiger partial charge < -0.3 is 14.1 Å². The van der Waals surface area contributed by atoms with Gasteiger partial charge in [-0.15, -0.1) is 10.2 Å². The molecule has 13 heteroatoms. The van der Waals surface area contributed by atoms with Gasteiger partial charge in [-0.05, 0) is 40.0 Å². The second kappa shape index (κ2) is 10.1. The molecule has 9 nitrogen and oxygen atoms in total. The summed E-state index contributed by atoms with van der Waals surface area (Å²) in [4.78, 5) is 20.6. The molecule has 0 saturated carbocycles. The molecule has 4 heterocycles. The predicted molar refractivity (Wildman–Crippen MR) is 132 cm³/mol. The second-order valence-corrected chi connectivity index (χ2v) is 9.58. The number of aryl methyl sites for hydroxylation is 3. The van der Waals surface area contributed by atoms with Crippen LogP contribution in [0.2, 0.25) is 0 Å². The summed E-state index contributed by atoms with van der Waals surface area (Å²) in [5, 5.41) is 12.4. The van der Waals surface area contributed by atoms with Crippen molar-refractivity contribution < 1.29 is 17.7 Å². The molecule has 194 valence electrons. The van der Waals surface area contributed by atoms with Gasteiger partial charge in [-0.25, -0.2) is 4.40 Å². The summed E-state index contributed by atoms with van der Waals surface area (Å²) in [6, 6.07) is 7.16. The molecular weight excluding hydrogens is 555 g/mol. The SMILES string of the molecule is CCCCCn1c2cc(Br)[nH]c2c(=O)n2c(CCc3nc(Cc4ccccc4C(F)(F)F)no3)nnc12. The molecule has 0 unspecified atom stereocenters. The van der Waals surface area contributed by atoms with E-state index < -0.39 is 11.7 Å². The van der Waals surface area contributed by atoms with Crippen LogP contribution in [-0.4, -0.2) is 34.3 Å². The molecule has 5 rings (SSSR count). The van der Waals surface area contributed by atoms with Crippen LogP contribution in [0.15, 0.2) is 44.3 Å². The zero-order chi connectivity index (χ0) is 26.2. The van der Waals surface area contributed by atoms with Crippen LogP contribution >= 0.6 is 15.9 Å². The highest BCUT2D eigenvalue weighted by Crippen LogP contribution is 2.32. The fourth-order valence-corrected chi connectivity index (χ4v) is 4.82. The molecule has 0 bridgehead atoms. The van der Waals surface area contributed by atoms with Crippen molar-refractivity contribution in [1.29, 1.82) is 0 Å². The van der Waals surface area contributed by atoms with E-state index in [4.69, 9.17) is 4.52 Å². The fourth-order valence-electron chi connectivity index (χ4n) is 4.40. The quantitative estimate of drug-likeness (QED) is 0.244. The molecular formula is C24H23BrF3N7O2. The molecule has 0 spiro atoms. The number of aromatic nitrogens is 7. The molecule has 0 fully saturated rings. The lowest BCUT2D eigenvalue weighted by molar-refractivity contribution is -0.138. The minimum Gasteiger partial charge on any atom is -0.343 e. The van der Waals surface area contributed by atoms with Crippen LogP contribution in [-0.2, 0) is 32.0 Å². The van der Waals surface area contributed by atoms with Gasteiger partial charge in [-0.2, -0.15) is 18.2 Å². The van der Waals surface area contributed by atoms with Gasteiger partial charge in [-0.1, -0.05) is 43.1 Å². The number of nitrogens with zero attached hydrogens (tertiary/aromatic N) is 6. The Balaban J connectivity index is 1.39. The number of benzene rings is 1. The van der Waals surface area contributed by atoms with E-state index in [-0.39, 0.29) is 42.1 Å². The molecule has 1 aromatic carbocycles. The van der Waals surface area contributed by atoms with Gasteiger partial charge in [0.1, 0.15) is 11.3 Å². The molecule has 0 radical (unpaired) electrons. The smallest absolute Gasteiger partial charge is 0.343 e. The van der Waals surface area contributed by atoms with Crippen LogP contribution in [0.1, 0.15) is 54.9 Å². The number of nitrogens with one attached hydrogen (secondary N) is 1. The lowest BCUT2D eigenvalue weighted by Gasteiger charge is -2.10. The van der Waals surface area contributed by atoms with E-state index in [0.29, 0.717) is 28.3 Å². The topological polar surface area (TPSA) is 107 Å². The monoisotopic (exact) mass is 577 g/mol. The summed E-state index contributed by atoms with van der Waals surface area (Å²) in [7, 11) is 0. The maximum absolute atomic E-state index is 13.3. The summed E-state index contributed by atoms with van der Waals surface area (Å²) in [6.07, 6.45) is -1.04. The Morgan fingerprint density at radius 2 is 1.95 bits per heavy atom. The number of hydrogen-bond acceptors (Lipinski definition) is 6. The maximum Gasteiger partial charge on any atom is 0.416 e. The van der Waals surface area contributed by atoms with E-state index in [9.17, 15) is 18.0 Å². The van der Waals surface area contributed by atoms with Gasteiger partial charge in [0.15, 0.2) is 5.82 Å². The normalized spacial score (nSPS) is 12.2. The Kier molecular flexibility index (Phi) is 6.88. The van der Waals surface area contributed by atoms with Crippen LogP contribution < -0.4 is 5.56 Å². The van der Waals surface area contributed by atoms with Crippen molar-refractivity contribution in [3.63, 3.8) is 0 Å². The molecule has 4 aromatic heterocycles. The highest BCUT2D eigenvalue weighted by Gasteiger charge is 2.33. The Bertz CT molecular complexity index is 1620. The van der Waals surface area contributed by atoms with Crippen LogP contribution in [0.25, 0.3) is 16.8 Å². The highest BCUT2D eigenvalue weighted by molar-refractivity contribution is 9.10. The third-order valence-electron chi connectivity index (χ3n) is 6.16. The van der Waals surface area contributed by atoms with E-state index in [1.807, 2.05) is 10.6 Å². The van der Waals surface area contributed by atoms with Crippen molar-refractivity contribution in [3.05, 3.63) is 74.0 Å². The minimum atomic E-state index is -4.47. The molecule has 0 saturated heterocycles. The number of H-pyrrole nitrogens is 1. The fraction of sp³-hybridized carbons (Fsp3) is 0.375. The van der Waals surface area contributed by atoms with Crippen LogP contribution in [0.5, 0.6) is 0 Å². The molecule has 0 aliphatic heterocycles. The molecule has 1 N–H and O–H groups in total. The Hall–Kier alpha value is -3.48. The van der Waals surface area contributed by atoms with Gasteiger partial charge in [0, 0.05) is 25.8 Å². The Morgan fingerprint density at radius 3 is 2.73 bits per heavy atom. The number of aromatic amines is 1. The minimum absolute atomic E-state index is 0.0653. The van der Waals surface area contributed by atoms with Crippen molar-refractivity contribution in [2.24, 2.45) is 0 Å². The first-order valence-corrected chi connectivity index (χ1v) is 12.7. The molecule has 37 heavy (non-hydrogen) atoms. The Morgan fingerprint density at radius 1 is 1.14 bits per heavy atom. The van der Waals surface area contributed by atoms with Gasteiger partial charge in [0.05, 0.1) is 15.7 Å². The number of unbranched alkanes of at least 4 members (excludes halogenated alkanes) is 2. The van der Waals surface area contributed by atoms with Gasteiger partial charge >= 0.3 is 6.18 Å². The van der Waals surface area contributed by atoms with Crippen molar-refractivity contribution in [1.82, 2.24) is 34.3 Å². The Labute approximate surface area is 216 Å². The van der Waals surface area contributed by atoms with Gasteiger partial charge in [0.2, 0.25) is 11.7 Å². The molecule has 5 aromatic rings. The lowest BCUT2D eigenvalue weighted by Crippen LogP contribution is -2.21. The molecule has 0 amide bonds. The van der Waals surface area contributed by atoms with Crippen LogP contribution in [0.3, 0.4) is 0 Å². The lowest BCUT2D eigenvalue weighted by atomic mass is 10.0. The first-order valence-electron chi connectivity index (χ1n) is 11.9. The highest BCUT2D eigenvalue weighted by atomic mass is 79.9. The van der Waals surface area contributed by atoms with E-state index in [2.05, 4.69) is 48.2 Å². The summed E-state index contributed by atoms with van der Waals surface area (Å²) in [6.45, 7) is 2.81. The molecule has 0 aliphatic carbocycles. The number of hydrogen-bond donors (Lipinski definition) is 1. The largest absolute Gasteiger partial charge is 0.416 e. The first-order chi connectivity index (χ1) is 17.8. The van der Waals surface area contributed by atoms with Crippen molar-refractivity contribution >= 4 is 32.7 Å². The summed E-state index contributed by atoms with van der Waals surface area (Å²) in [5.41, 5.74) is 0.266. The van der Waals surface area contributed by atoms with E-state index in [1.54, 1.807) is 0 Å². The zero-order valence-corrected chi connectivity index (χ0v) is 21.4. The summed E-state index contributed by atoms with van der Waals surface area (Å²) in [5.74, 6) is 1.27. The van der Waals surface area contributed by atoms with E-state index in [1.165, 1.54) is 22.6 Å². The third-order valence-corrected chi connectivity index (χ3v) is 6.58. The van der Waals surface area contributed by atoms with Crippen molar-refractivity contribution in [3.8, 4) is 0 Å². The average Bonchev–Trinajstić information content (AvgIpc) is 3.58. The maximum atomic E-state index is 13.3. The molecule has 0 atom stereocenters. The first kappa shape index (κ1) is 25.2. The number of alkyl halides is 3. The number of halogens is 4. The standard InChI is InChI=1S/C24H23BrF3N7O2/c1-2-3-6-11-34-16-13-17(25)29-21(16)22(36)35-19(31-32-23(34)35)9-10-20-30-18(33-37-20)12-14-7-4-5-8-15(14)24(26,27)28/h4-5,7-8,13,29H,2-3,6,9-12H2,1H3.